The van der Waals surface area contributed by atoms with Gasteiger partial charge in [0.1, 0.15) is 0 Å². The first-order chi connectivity index (χ1) is 11.8. The third-order valence-corrected chi connectivity index (χ3v) is 4.32. The lowest BCUT2D eigenvalue weighted by molar-refractivity contribution is -0.125. The minimum Gasteiger partial charge on any atom is -0.478 e. The molecule has 25 heavy (non-hydrogen) atoms. The maximum atomic E-state index is 12.2. The van der Waals surface area contributed by atoms with E-state index in [0.717, 1.165) is 24.0 Å². The zero-order valence-electron chi connectivity index (χ0n) is 13.4. The molecule has 1 aliphatic rings. The summed E-state index contributed by atoms with van der Waals surface area (Å²) in [6.07, 6.45) is -2.03. The number of alkyl halides is 3. The molecule has 5 nitrogen and oxygen atoms in total. The van der Waals surface area contributed by atoms with Gasteiger partial charge in [0.2, 0.25) is 0 Å². The number of hydrogen-bond acceptors (Lipinski definition) is 4. The summed E-state index contributed by atoms with van der Waals surface area (Å²) in [6.45, 7) is 0.833. The number of benzene rings is 1. The Morgan fingerprint density at radius 2 is 2.16 bits per heavy atom. The number of hydrogen-bond donors (Lipinski definition) is 2. The van der Waals surface area contributed by atoms with Crippen molar-refractivity contribution in [2.45, 2.75) is 12.6 Å². The largest absolute Gasteiger partial charge is 0.478 e. The highest BCUT2D eigenvalue weighted by molar-refractivity contribution is 5.93. The molecule has 0 aliphatic carbocycles. The molecular weight excluding hydrogens is 335 g/mol. The van der Waals surface area contributed by atoms with E-state index in [9.17, 15) is 18.0 Å². The van der Waals surface area contributed by atoms with Crippen LogP contribution >= 0.6 is 0 Å². The summed E-state index contributed by atoms with van der Waals surface area (Å²) in [6, 6.07) is 7.16. The lowest BCUT2D eigenvalue weighted by Crippen LogP contribution is -2.33. The Balaban J connectivity index is 1.64. The number of anilines is 1. The highest BCUT2D eigenvalue weighted by atomic mass is 19.4. The average Bonchev–Trinajstić information content (AvgIpc) is 3.01. The summed E-state index contributed by atoms with van der Waals surface area (Å²) >= 11 is 0. The number of carboxylic acids is 1. The van der Waals surface area contributed by atoms with E-state index in [2.05, 4.69) is 15.2 Å². The number of carbonyl (C=O) groups is 1. The number of halogens is 3. The van der Waals surface area contributed by atoms with Crippen molar-refractivity contribution in [1.82, 2.24) is 10.3 Å². The van der Waals surface area contributed by atoms with Crippen molar-refractivity contribution in [3.05, 3.63) is 36.0 Å². The Morgan fingerprint density at radius 1 is 1.36 bits per heavy atom. The molecule has 1 aromatic heterocycles. The summed E-state index contributed by atoms with van der Waals surface area (Å²) in [5.74, 6) is -0.854. The number of nitrogens with one attached hydrogen (secondary N) is 1. The molecule has 1 aliphatic heterocycles. The molecule has 3 rings (SSSR count). The van der Waals surface area contributed by atoms with Gasteiger partial charge in [-0.05, 0) is 30.5 Å². The second-order valence-corrected chi connectivity index (χ2v) is 6.25. The van der Waals surface area contributed by atoms with Crippen molar-refractivity contribution in [2.24, 2.45) is 5.92 Å². The number of nitrogens with zero attached hydrogens (tertiary/aromatic N) is 2. The molecule has 1 atom stereocenters. The lowest BCUT2D eigenvalue weighted by Gasteiger charge is -2.19. The van der Waals surface area contributed by atoms with Crippen LogP contribution in [0.3, 0.4) is 0 Å². The standard InChI is InChI=1S/C17H18F3N3O2/c18-17(19,20)10-21-7-11-3-4-23(9-11)14-2-1-12-5-13(16(24)25)8-22-15(12)6-14/h1-2,5-6,8,11,21H,3-4,7,9-10H2,(H,24,25). The van der Waals surface area contributed by atoms with Crippen molar-refractivity contribution in [2.75, 3.05) is 31.1 Å². The van der Waals surface area contributed by atoms with E-state index in [1.807, 2.05) is 18.2 Å². The quantitative estimate of drug-likeness (QED) is 0.865. The van der Waals surface area contributed by atoms with Crippen LogP contribution in [0.5, 0.6) is 0 Å². The number of carboxylic acid groups (broad SMARTS) is 1. The molecule has 8 heteroatoms. The van der Waals surface area contributed by atoms with E-state index >= 15 is 0 Å². The smallest absolute Gasteiger partial charge is 0.401 e. The van der Waals surface area contributed by atoms with E-state index in [1.165, 1.54) is 6.20 Å². The number of fused-ring (bicyclic) bond motifs is 1. The van der Waals surface area contributed by atoms with Crippen LogP contribution in [-0.4, -0.2) is 48.4 Å². The highest BCUT2D eigenvalue weighted by Crippen LogP contribution is 2.27. The van der Waals surface area contributed by atoms with Gasteiger partial charge in [0.05, 0.1) is 17.6 Å². The van der Waals surface area contributed by atoms with Gasteiger partial charge in [-0.1, -0.05) is 6.07 Å². The number of rotatable bonds is 5. The molecule has 2 heterocycles. The minimum absolute atomic E-state index is 0.136. The van der Waals surface area contributed by atoms with Gasteiger partial charge in [0, 0.05) is 36.9 Å². The van der Waals surface area contributed by atoms with Crippen LogP contribution in [0, 0.1) is 5.92 Å². The first-order valence-electron chi connectivity index (χ1n) is 7.97. The van der Waals surface area contributed by atoms with Crippen LogP contribution in [0.25, 0.3) is 10.9 Å². The molecule has 134 valence electrons. The first kappa shape index (κ1) is 17.5. The van der Waals surface area contributed by atoms with Crippen LogP contribution in [-0.2, 0) is 0 Å². The fourth-order valence-corrected chi connectivity index (χ4v) is 3.08. The van der Waals surface area contributed by atoms with Crippen molar-refractivity contribution in [3.63, 3.8) is 0 Å². The van der Waals surface area contributed by atoms with E-state index < -0.39 is 18.7 Å². The fraction of sp³-hybridized carbons (Fsp3) is 0.412. The van der Waals surface area contributed by atoms with Gasteiger partial charge in [0.15, 0.2) is 0 Å². The van der Waals surface area contributed by atoms with Gasteiger partial charge in [0.25, 0.3) is 0 Å². The molecular formula is C17H18F3N3O2. The molecule has 1 fully saturated rings. The Morgan fingerprint density at radius 3 is 2.88 bits per heavy atom. The average molecular weight is 353 g/mol. The summed E-state index contributed by atoms with van der Waals surface area (Å²) in [4.78, 5) is 17.3. The Kier molecular flexibility index (Phi) is 4.80. The van der Waals surface area contributed by atoms with Gasteiger partial charge >= 0.3 is 12.1 Å². The van der Waals surface area contributed by atoms with Crippen LogP contribution in [0.4, 0.5) is 18.9 Å². The van der Waals surface area contributed by atoms with E-state index in [0.29, 0.717) is 18.6 Å². The summed E-state index contributed by atoms with van der Waals surface area (Å²) < 4.78 is 36.5. The maximum Gasteiger partial charge on any atom is 0.401 e. The van der Waals surface area contributed by atoms with Gasteiger partial charge in [-0.3, -0.25) is 4.98 Å². The molecule has 0 spiro atoms. The molecule has 2 N–H and O–H groups in total. The third-order valence-electron chi connectivity index (χ3n) is 4.32. The molecule has 1 saturated heterocycles. The fourth-order valence-electron chi connectivity index (χ4n) is 3.08. The number of pyridine rings is 1. The number of aromatic carboxylic acids is 1. The zero-order chi connectivity index (χ0) is 18.0. The van der Waals surface area contributed by atoms with E-state index in [4.69, 9.17) is 5.11 Å². The normalized spacial score (nSPS) is 18.0. The van der Waals surface area contributed by atoms with Crippen LogP contribution in [0.15, 0.2) is 30.5 Å². The maximum absolute atomic E-state index is 12.2. The van der Waals surface area contributed by atoms with E-state index in [1.54, 1.807) is 6.07 Å². The minimum atomic E-state index is -4.18. The van der Waals surface area contributed by atoms with Crippen LogP contribution < -0.4 is 10.2 Å². The molecule has 0 saturated carbocycles. The molecule has 2 aromatic rings. The number of aromatic nitrogens is 1. The zero-order valence-corrected chi connectivity index (χ0v) is 13.4. The predicted molar refractivity (Wildman–Crippen MR) is 87.9 cm³/mol. The summed E-state index contributed by atoms with van der Waals surface area (Å²) in [5.41, 5.74) is 1.78. The predicted octanol–water partition coefficient (Wildman–Crippen LogP) is 2.91. The molecule has 0 bridgehead atoms. The monoisotopic (exact) mass is 353 g/mol. The summed E-state index contributed by atoms with van der Waals surface area (Å²) in [5, 5.41) is 12.2. The van der Waals surface area contributed by atoms with Gasteiger partial charge in [-0.2, -0.15) is 13.2 Å². The SMILES string of the molecule is O=C(O)c1cnc2cc(N3CCC(CNCC(F)(F)F)C3)ccc2c1. The third kappa shape index (κ3) is 4.39. The Bertz CT molecular complexity index is 779. The second-order valence-electron chi connectivity index (χ2n) is 6.25. The van der Waals surface area contributed by atoms with Crippen molar-refractivity contribution < 1.29 is 23.1 Å². The van der Waals surface area contributed by atoms with Crippen molar-refractivity contribution in [1.29, 1.82) is 0 Å². The van der Waals surface area contributed by atoms with Gasteiger partial charge in [-0.25, -0.2) is 4.79 Å². The Hall–Kier alpha value is -2.35. The van der Waals surface area contributed by atoms with Crippen LogP contribution in [0.2, 0.25) is 0 Å². The topological polar surface area (TPSA) is 65.5 Å². The van der Waals surface area contributed by atoms with Crippen LogP contribution in [0.1, 0.15) is 16.8 Å². The first-order valence-corrected chi connectivity index (χ1v) is 7.97. The molecule has 0 amide bonds. The van der Waals surface area contributed by atoms with Crippen molar-refractivity contribution >= 4 is 22.6 Å². The Labute approximate surface area is 142 Å². The molecule has 1 unspecified atom stereocenters. The van der Waals surface area contributed by atoms with E-state index in [-0.39, 0.29) is 11.5 Å². The lowest BCUT2D eigenvalue weighted by atomic mass is 10.1. The van der Waals surface area contributed by atoms with Crippen molar-refractivity contribution in [3.8, 4) is 0 Å². The van der Waals surface area contributed by atoms with Gasteiger partial charge in [-0.15, -0.1) is 0 Å². The highest BCUT2D eigenvalue weighted by Gasteiger charge is 2.28. The second kappa shape index (κ2) is 6.87. The molecule has 0 radical (unpaired) electrons. The summed E-state index contributed by atoms with van der Waals surface area (Å²) in [7, 11) is 0. The molecule has 1 aromatic carbocycles. The van der Waals surface area contributed by atoms with Gasteiger partial charge < -0.3 is 15.3 Å².